The Morgan fingerprint density at radius 2 is 1.67 bits per heavy atom. The maximum Gasteiger partial charge on any atom is 0.243 e. The second kappa shape index (κ2) is 15.6. The molecule has 7 nitrogen and oxygen atoms in total. The molecule has 0 saturated heterocycles. The van der Waals surface area contributed by atoms with Gasteiger partial charge in [0.25, 0.3) is 0 Å². The van der Waals surface area contributed by atoms with Crippen molar-refractivity contribution >= 4 is 62.3 Å². The van der Waals surface area contributed by atoms with Crippen LogP contribution in [-0.2, 0) is 32.6 Å². The zero-order valence-electron chi connectivity index (χ0n) is 23.9. The first kappa shape index (κ1) is 33.7. The molecule has 0 aliphatic carbocycles. The van der Waals surface area contributed by atoms with Gasteiger partial charge in [-0.3, -0.25) is 13.9 Å². The molecule has 0 aromatic heterocycles. The molecule has 0 heterocycles. The number of carbonyl (C=O) groups excluding carboxylic acids is 2. The predicted molar refractivity (Wildman–Crippen MR) is 172 cm³/mol. The lowest BCUT2D eigenvalue weighted by Crippen LogP contribution is -2.50. The molecule has 0 aliphatic rings. The lowest BCUT2D eigenvalue weighted by molar-refractivity contribution is -0.141. The van der Waals surface area contributed by atoms with Crippen molar-refractivity contribution in [3.8, 4) is 0 Å². The number of sulfonamides is 1. The zero-order valence-corrected chi connectivity index (χ0v) is 27.0. The van der Waals surface area contributed by atoms with E-state index >= 15 is 0 Å². The minimum atomic E-state index is -3.66. The Morgan fingerprint density at radius 1 is 0.952 bits per heavy atom. The van der Waals surface area contributed by atoms with Gasteiger partial charge in [-0.25, -0.2) is 8.42 Å². The van der Waals surface area contributed by atoms with Gasteiger partial charge in [0.2, 0.25) is 21.8 Å². The van der Waals surface area contributed by atoms with E-state index in [2.05, 4.69) is 5.32 Å². The fourth-order valence-corrected chi connectivity index (χ4v) is 6.26. The van der Waals surface area contributed by atoms with Gasteiger partial charge >= 0.3 is 0 Å². The Hall–Kier alpha value is -2.78. The van der Waals surface area contributed by atoms with Crippen LogP contribution in [0, 0.1) is 6.92 Å². The van der Waals surface area contributed by atoms with Gasteiger partial charge in [-0.2, -0.15) is 0 Å². The normalized spacial score (nSPS) is 12.0. The zero-order chi connectivity index (χ0) is 30.9. The number of hydrogen-bond acceptors (Lipinski definition) is 4. The van der Waals surface area contributed by atoms with Crippen molar-refractivity contribution in [1.29, 1.82) is 0 Å². The molecule has 42 heavy (non-hydrogen) atoms. The van der Waals surface area contributed by atoms with Crippen molar-refractivity contribution < 1.29 is 18.0 Å². The highest BCUT2D eigenvalue weighted by Gasteiger charge is 2.31. The van der Waals surface area contributed by atoms with Crippen molar-refractivity contribution in [2.45, 2.75) is 52.1 Å². The van der Waals surface area contributed by atoms with E-state index in [0.29, 0.717) is 44.8 Å². The molecule has 0 radical (unpaired) electrons. The van der Waals surface area contributed by atoms with Crippen LogP contribution in [0.1, 0.15) is 42.9 Å². The number of hydrogen-bond donors (Lipinski definition) is 1. The first-order chi connectivity index (χ1) is 19.9. The van der Waals surface area contributed by atoms with Gasteiger partial charge in [-0.15, -0.1) is 0 Å². The number of benzene rings is 3. The van der Waals surface area contributed by atoms with Crippen molar-refractivity contribution in [3.63, 3.8) is 0 Å². The van der Waals surface area contributed by atoms with Crippen LogP contribution in [0.2, 0.25) is 15.1 Å². The molecule has 0 aliphatic heterocycles. The van der Waals surface area contributed by atoms with Crippen LogP contribution >= 0.6 is 34.8 Å². The molecular weight excluding hydrogens is 617 g/mol. The van der Waals surface area contributed by atoms with Crippen LogP contribution in [0.4, 0.5) is 5.69 Å². The minimum Gasteiger partial charge on any atom is -0.354 e. The monoisotopic (exact) mass is 651 g/mol. The van der Waals surface area contributed by atoms with Crippen molar-refractivity contribution in [2.75, 3.05) is 23.7 Å². The molecule has 0 bridgehead atoms. The molecule has 0 saturated carbocycles. The molecule has 2 amide bonds. The van der Waals surface area contributed by atoms with Gasteiger partial charge in [0.1, 0.15) is 6.04 Å². The fraction of sp³-hybridized carbons (Fsp3) is 0.355. The average Bonchev–Trinajstić information content (AvgIpc) is 2.94. The highest BCUT2D eigenvalue weighted by Crippen LogP contribution is 2.29. The van der Waals surface area contributed by atoms with E-state index in [4.69, 9.17) is 34.8 Å². The minimum absolute atomic E-state index is 0.00316. The van der Waals surface area contributed by atoms with Crippen LogP contribution in [0.25, 0.3) is 0 Å². The first-order valence-corrected chi connectivity index (χ1v) is 16.7. The second-order valence-corrected chi connectivity index (χ2v) is 13.2. The second-order valence-electron chi connectivity index (χ2n) is 10.1. The molecule has 11 heteroatoms. The van der Waals surface area contributed by atoms with Crippen LogP contribution in [0.15, 0.2) is 66.7 Å². The quantitative estimate of drug-likeness (QED) is 0.211. The van der Waals surface area contributed by atoms with Gasteiger partial charge in [0.05, 0.1) is 11.9 Å². The Morgan fingerprint density at radius 3 is 2.31 bits per heavy atom. The lowest BCUT2D eigenvalue weighted by atomic mass is 10.0. The van der Waals surface area contributed by atoms with Gasteiger partial charge in [0, 0.05) is 47.5 Å². The standard InChI is InChI=1S/C31H36Cl3N3O4S/c1-4-17-35-31(39)29(19-23-10-6-5-7-11-23)36(21-24-15-16-25(32)20-27(24)34)30(38)14-9-18-37(42(3,40)41)28-13-8-12-26(33)22(28)2/h5-8,10-13,15-16,20,29H,4,9,14,17-19,21H2,1-3H3,(H,35,39). The molecule has 226 valence electrons. The number of amides is 2. The number of nitrogens with one attached hydrogen (secondary N) is 1. The number of anilines is 1. The van der Waals surface area contributed by atoms with Gasteiger partial charge in [-0.1, -0.05) is 84.2 Å². The highest BCUT2D eigenvalue weighted by molar-refractivity contribution is 7.92. The Kier molecular flexibility index (Phi) is 12.5. The van der Waals surface area contributed by atoms with E-state index < -0.39 is 16.1 Å². The summed E-state index contributed by atoms with van der Waals surface area (Å²) in [5, 5.41) is 4.23. The summed E-state index contributed by atoms with van der Waals surface area (Å²) in [6.45, 7) is 4.32. The maximum absolute atomic E-state index is 13.9. The number of carbonyl (C=O) groups is 2. The summed E-state index contributed by atoms with van der Waals surface area (Å²) in [4.78, 5) is 28.9. The third-order valence-corrected chi connectivity index (χ3v) is 9.01. The number of halogens is 3. The summed E-state index contributed by atoms with van der Waals surface area (Å²) in [5.74, 6) is -0.573. The summed E-state index contributed by atoms with van der Waals surface area (Å²) in [6.07, 6.45) is 2.38. The Bertz CT molecular complexity index is 1490. The SMILES string of the molecule is CCCNC(=O)C(Cc1ccccc1)N(Cc1ccc(Cl)cc1Cl)C(=O)CCCN(c1cccc(Cl)c1C)S(C)(=O)=O. The van der Waals surface area contributed by atoms with E-state index in [9.17, 15) is 18.0 Å². The Balaban J connectivity index is 1.92. The highest BCUT2D eigenvalue weighted by atomic mass is 35.5. The first-order valence-electron chi connectivity index (χ1n) is 13.7. The van der Waals surface area contributed by atoms with Crippen LogP contribution < -0.4 is 9.62 Å². The van der Waals surface area contributed by atoms with Gasteiger partial charge < -0.3 is 10.2 Å². The van der Waals surface area contributed by atoms with E-state index in [1.807, 2.05) is 37.3 Å². The fourth-order valence-electron chi connectivity index (χ4n) is 4.60. The summed E-state index contributed by atoms with van der Waals surface area (Å²) < 4.78 is 26.7. The van der Waals surface area contributed by atoms with Gasteiger partial charge in [-0.05, 0) is 60.7 Å². The van der Waals surface area contributed by atoms with Crippen molar-refractivity contribution in [3.05, 3.63) is 98.5 Å². The third-order valence-electron chi connectivity index (χ3n) is 6.84. The summed E-state index contributed by atoms with van der Waals surface area (Å²) >= 11 is 18.9. The number of rotatable bonds is 14. The predicted octanol–water partition coefficient (Wildman–Crippen LogP) is 6.67. The topological polar surface area (TPSA) is 86.8 Å². The van der Waals surface area contributed by atoms with E-state index in [-0.39, 0.29) is 37.7 Å². The Labute approximate surface area is 263 Å². The van der Waals surface area contributed by atoms with Crippen LogP contribution in [0.3, 0.4) is 0 Å². The molecule has 1 unspecified atom stereocenters. The average molecular weight is 653 g/mol. The van der Waals surface area contributed by atoms with Crippen LogP contribution in [-0.4, -0.2) is 50.5 Å². The molecule has 0 spiro atoms. The third kappa shape index (κ3) is 9.36. The van der Waals surface area contributed by atoms with Crippen LogP contribution in [0.5, 0.6) is 0 Å². The largest absolute Gasteiger partial charge is 0.354 e. The maximum atomic E-state index is 13.9. The summed E-state index contributed by atoms with van der Waals surface area (Å²) in [7, 11) is -3.66. The smallest absolute Gasteiger partial charge is 0.243 e. The molecule has 3 aromatic rings. The molecule has 0 fully saturated rings. The summed E-state index contributed by atoms with van der Waals surface area (Å²) in [6, 6.07) is 18.8. The van der Waals surface area contributed by atoms with E-state index in [1.54, 1.807) is 43.3 Å². The van der Waals surface area contributed by atoms with Crippen molar-refractivity contribution in [2.24, 2.45) is 0 Å². The molecule has 3 aromatic carbocycles. The summed E-state index contributed by atoms with van der Waals surface area (Å²) in [5.41, 5.74) is 2.63. The molecule has 1 N–H and O–H groups in total. The molecule has 1 atom stereocenters. The molecule has 3 rings (SSSR count). The van der Waals surface area contributed by atoms with E-state index in [0.717, 1.165) is 18.2 Å². The lowest BCUT2D eigenvalue weighted by Gasteiger charge is -2.32. The van der Waals surface area contributed by atoms with Gasteiger partial charge in [0.15, 0.2) is 0 Å². The van der Waals surface area contributed by atoms with Crippen molar-refractivity contribution in [1.82, 2.24) is 10.2 Å². The number of nitrogens with zero attached hydrogens (tertiary/aromatic N) is 2. The molecular formula is C31H36Cl3N3O4S. The van der Waals surface area contributed by atoms with E-state index in [1.165, 1.54) is 9.21 Å².